The van der Waals surface area contributed by atoms with E-state index >= 15 is 0 Å². The van der Waals surface area contributed by atoms with Gasteiger partial charge in [-0.3, -0.25) is 4.99 Å². The quantitative estimate of drug-likeness (QED) is 0.390. The van der Waals surface area contributed by atoms with Gasteiger partial charge in [-0.05, 0) is 48.5 Å². The molecular formula is C25H39N13O. The van der Waals surface area contributed by atoms with Crippen molar-refractivity contribution in [2.75, 3.05) is 17.6 Å². The molecule has 14 heteroatoms. The number of anilines is 2. The zero-order chi connectivity index (χ0) is 28.9. The number of aromatic nitrogens is 6. The monoisotopic (exact) mass is 537 g/mol. The van der Waals surface area contributed by atoms with Crippen LogP contribution in [0.5, 0.6) is 0 Å². The van der Waals surface area contributed by atoms with Crippen molar-refractivity contribution in [3.05, 3.63) is 36.6 Å². The van der Waals surface area contributed by atoms with Crippen molar-refractivity contribution in [2.45, 2.75) is 72.7 Å². The van der Waals surface area contributed by atoms with Crippen molar-refractivity contribution in [3.8, 4) is 0 Å². The fraction of sp³-hybridized carbons (Fsp3) is 0.480. The predicted octanol–water partition coefficient (Wildman–Crippen LogP) is 2.77. The Hall–Kier alpha value is -4.33. The second kappa shape index (κ2) is 12.5. The van der Waals surface area contributed by atoms with Crippen molar-refractivity contribution in [1.82, 2.24) is 34.0 Å². The summed E-state index contributed by atoms with van der Waals surface area (Å²) in [4.78, 5) is 30.4. The number of aliphatic hydroxyl groups is 1. The van der Waals surface area contributed by atoms with E-state index in [4.69, 9.17) is 11.5 Å². The number of hydrogen-bond donors (Lipinski definition) is 4. The zero-order valence-corrected chi connectivity index (χ0v) is 23.6. The van der Waals surface area contributed by atoms with Crippen molar-refractivity contribution in [1.29, 1.82) is 0 Å². The Bertz CT molecular complexity index is 1380. The van der Waals surface area contributed by atoms with Crippen molar-refractivity contribution in [3.63, 3.8) is 0 Å². The summed E-state index contributed by atoms with van der Waals surface area (Å²) in [6.07, 6.45) is 6.14. The Morgan fingerprint density at radius 1 is 1.00 bits per heavy atom. The van der Waals surface area contributed by atoms with Gasteiger partial charge in [-0.1, -0.05) is 6.58 Å². The molecule has 2 aliphatic rings. The fourth-order valence-electron chi connectivity index (χ4n) is 3.77. The minimum Gasteiger partial charge on any atom is -0.385 e. The highest BCUT2D eigenvalue weighted by Crippen LogP contribution is 2.26. The Morgan fingerprint density at radius 2 is 1.67 bits per heavy atom. The van der Waals surface area contributed by atoms with Crippen molar-refractivity contribution >= 4 is 41.4 Å². The van der Waals surface area contributed by atoms with Crippen LogP contribution in [0.2, 0.25) is 0 Å². The predicted molar refractivity (Wildman–Crippen MR) is 156 cm³/mol. The van der Waals surface area contributed by atoms with E-state index in [2.05, 4.69) is 74.5 Å². The Balaban J connectivity index is 0.000000163. The largest absolute Gasteiger partial charge is 0.385 e. The molecule has 210 valence electrons. The van der Waals surface area contributed by atoms with Crippen molar-refractivity contribution in [2.24, 2.45) is 20.7 Å². The van der Waals surface area contributed by atoms with Crippen LogP contribution in [0.25, 0.3) is 11.2 Å². The second-order valence-electron chi connectivity index (χ2n) is 9.84. The Morgan fingerprint density at radius 3 is 2.28 bits per heavy atom. The molecule has 0 saturated heterocycles. The smallest absolute Gasteiger partial charge is 0.223 e. The first kappa shape index (κ1) is 29.2. The van der Waals surface area contributed by atoms with Crippen LogP contribution in [0, 0.1) is 6.92 Å². The van der Waals surface area contributed by atoms with Gasteiger partial charge in [0, 0.05) is 18.1 Å². The molecule has 3 aromatic heterocycles. The average Bonchev–Trinajstić information content (AvgIpc) is 3.43. The maximum atomic E-state index is 9.71. The number of aryl methyl sites for hydroxylation is 1. The van der Waals surface area contributed by atoms with Gasteiger partial charge in [-0.25, -0.2) is 24.9 Å². The minimum atomic E-state index is -0.601. The minimum absolute atomic E-state index is 0.270. The lowest BCUT2D eigenvalue weighted by Gasteiger charge is -2.25. The molecule has 39 heavy (non-hydrogen) atoms. The van der Waals surface area contributed by atoms with E-state index in [0.29, 0.717) is 53.3 Å². The van der Waals surface area contributed by atoms with Crippen LogP contribution in [-0.4, -0.2) is 70.3 Å². The first-order valence-corrected chi connectivity index (χ1v) is 12.7. The van der Waals surface area contributed by atoms with E-state index in [1.165, 1.54) is 0 Å². The van der Waals surface area contributed by atoms with Gasteiger partial charge in [0.1, 0.15) is 41.1 Å². The molecule has 6 N–H and O–H groups in total. The SMILES string of the molecule is C=C1N=C(N)N=CN1C(C)C.CC(C)n1cnc2c1NC=NC[C@H]2O.Cc1nc(N)c2ncn(C(C)C)c2n1. The van der Waals surface area contributed by atoms with Crippen LogP contribution < -0.4 is 16.8 Å². The van der Waals surface area contributed by atoms with Gasteiger partial charge in [0.15, 0.2) is 11.5 Å². The summed E-state index contributed by atoms with van der Waals surface area (Å²) in [6.45, 7) is 18.3. The highest BCUT2D eigenvalue weighted by Gasteiger charge is 2.20. The van der Waals surface area contributed by atoms with Crippen LogP contribution in [0.4, 0.5) is 11.6 Å². The van der Waals surface area contributed by atoms with Crippen LogP contribution >= 0.6 is 0 Å². The highest BCUT2D eigenvalue weighted by molar-refractivity contribution is 5.89. The number of hydrogen-bond acceptors (Lipinski definition) is 12. The molecule has 0 aromatic carbocycles. The zero-order valence-electron chi connectivity index (χ0n) is 23.6. The number of guanidine groups is 1. The molecule has 14 nitrogen and oxygen atoms in total. The van der Waals surface area contributed by atoms with Gasteiger partial charge in [0.25, 0.3) is 0 Å². The molecule has 0 amide bonds. The number of aliphatic hydroxyl groups excluding tert-OH is 1. The van der Waals surface area contributed by atoms with Gasteiger partial charge in [-0.15, -0.1) is 0 Å². The highest BCUT2D eigenvalue weighted by atomic mass is 16.3. The van der Waals surface area contributed by atoms with Crippen LogP contribution in [0.1, 0.15) is 71.2 Å². The molecule has 3 aromatic rings. The number of nitrogens with two attached hydrogens (primary N) is 2. The van der Waals surface area contributed by atoms with E-state index in [9.17, 15) is 5.11 Å². The molecule has 0 fully saturated rings. The van der Waals surface area contributed by atoms with E-state index < -0.39 is 6.10 Å². The Kier molecular flexibility index (Phi) is 9.35. The normalized spacial score (nSPS) is 16.4. The number of fused-ring (bicyclic) bond motifs is 2. The lowest BCUT2D eigenvalue weighted by molar-refractivity contribution is 0.184. The molecule has 0 spiro atoms. The summed E-state index contributed by atoms with van der Waals surface area (Å²) in [5.41, 5.74) is 13.3. The van der Waals surface area contributed by atoms with E-state index in [1.807, 2.05) is 34.8 Å². The third-order valence-electron chi connectivity index (χ3n) is 5.79. The summed E-state index contributed by atoms with van der Waals surface area (Å²) >= 11 is 0. The van der Waals surface area contributed by atoms with Crippen molar-refractivity contribution < 1.29 is 5.11 Å². The number of aliphatic imine (C=N–C) groups is 3. The topological polar surface area (TPSA) is 186 Å². The number of nitrogen functional groups attached to an aromatic ring is 1. The molecule has 0 aliphatic carbocycles. The molecule has 0 bridgehead atoms. The third-order valence-corrected chi connectivity index (χ3v) is 5.79. The van der Waals surface area contributed by atoms with Gasteiger partial charge in [-0.2, -0.15) is 4.99 Å². The summed E-state index contributed by atoms with van der Waals surface area (Å²) in [5.74, 6) is 2.89. The molecule has 1 atom stereocenters. The van der Waals surface area contributed by atoms with Crippen LogP contribution in [-0.2, 0) is 0 Å². The maximum Gasteiger partial charge on any atom is 0.223 e. The van der Waals surface area contributed by atoms with Gasteiger partial charge >= 0.3 is 0 Å². The van der Waals surface area contributed by atoms with Gasteiger partial charge < -0.3 is 35.9 Å². The van der Waals surface area contributed by atoms with Crippen LogP contribution in [0.3, 0.4) is 0 Å². The first-order valence-electron chi connectivity index (χ1n) is 12.7. The Labute approximate surface area is 228 Å². The number of imidazole rings is 2. The third kappa shape index (κ3) is 6.96. The maximum absolute atomic E-state index is 9.71. The van der Waals surface area contributed by atoms with Crippen LogP contribution in [0.15, 0.2) is 40.0 Å². The molecule has 5 rings (SSSR count). The standard InChI is InChI=1S/C9H13N5.C9H14N4O.C7H12N4/c1-5(2)14-4-11-7-8(10)12-6(3)13-9(7)14;1-6(2)13-5-12-8-7(14)3-10-4-11-9(8)13;1-5(2)11-4-9-7(8)10-6(11)3/h4-5H,1-3H3,(H2,10,12,13);4-7,14H,3H2,1-2H3,(H,10,11);4-5H,3H2,1-2H3,(H2,8,10)/t;7-;/m.1./s1. The van der Waals surface area contributed by atoms with E-state index in [1.54, 1.807) is 25.3 Å². The summed E-state index contributed by atoms with van der Waals surface area (Å²) in [7, 11) is 0. The molecule has 0 unspecified atom stereocenters. The average molecular weight is 538 g/mol. The lowest BCUT2D eigenvalue weighted by Crippen LogP contribution is -2.32. The van der Waals surface area contributed by atoms with E-state index in [-0.39, 0.29) is 5.96 Å². The van der Waals surface area contributed by atoms with E-state index in [0.717, 1.165) is 11.5 Å². The van der Waals surface area contributed by atoms with Gasteiger partial charge in [0.05, 0.1) is 25.5 Å². The number of rotatable bonds is 3. The van der Waals surface area contributed by atoms with Gasteiger partial charge in [0.2, 0.25) is 5.96 Å². The summed E-state index contributed by atoms with van der Waals surface area (Å²) in [5, 5.41) is 12.7. The number of nitrogens with zero attached hydrogens (tertiary/aromatic N) is 10. The first-order chi connectivity index (χ1) is 18.4. The fourth-order valence-corrected chi connectivity index (χ4v) is 3.77. The molecule has 5 heterocycles. The second-order valence-corrected chi connectivity index (χ2v) is 9.84. The summed E-state index contributed by atoms with van der Waals surface area (Å²) in [6, 6.07) is 0.967. The lowest BCUT2D eigenvalue weighted by atomic mass is 10.2. The number of nitrogens with one attached hydrogen (secondary N) is 1. The molecule has 0 radical (unpaired) electrons. The molecule has 2 aliphatic heterocycles. The molecule has 0 saturated carbocycles. The molecular weight excluding hydrogens is 498 g/mol. The summed E-state index contributed by atoms with van der Waals surface area (Å²) < 4.78 is 3.97.